The smallest absolute Gasteiger partial charge is 0.242 e. The highest BCUT2D eigenvalue weighted by Crippen LogP contribution is 2.27. The Bertz CT molecular complexity index is 1330. The van der Waals surface area contributed by atoms with Crippen molar-refractivity contribution < 1.29 is 26.8 Å². The number of nitrogens with one attached hydrogen (secondary N) is 1. The fourth-order valence-electron chi connectivity index (χ4n) is 4.02. The van der Waals surface area contributed by atoms with E-state index in [0.717, 1.165) is 12.1 Å². The lowest BCUT2D eigenvalue weighted by Gasteiger charge is -2.31. The van der Waals surface area contributed by atoms with Gasteiger partial charge in [-0.05, 0) is 45.9 Å². The second-order valence-corrected chi connectivity index (χ2v) is 10.5. The number of rotatable bonds is 8. The summed E-state index contributed by atoms with van der Waals surface area (Å²) >= 11 is 0. The highest BCUT2D eigenvalue weighted by molar-refractivity contribution is 7.92. The summed E-state index contributed by atoms with van der Waals surface area (Å²) in [6.07, 6.45) is 1.35. The zero-order chi connectivity index (χ0) is 25.2. The lowest BCUT2D eigenvalue weighted by atomic mass is 10.2. The number of anilines is 1. The molecule has 0 saturated carbocycles. The van der Waals surface area contributed by atoms with Crippen LogP contribution in [0, 0.1) is 11.6 Å². The third kappa shape index (κ3) is 5.44. The molecule has 1 heterocycles. The van der Waals surface area contributed by atoms with Crippen molar-refractivity contribution in [3.8, 4) is 0 Å². The largest absolute Gasteiger partial charge is 0.337 e. The molecule has 0 aliphatic carbocycles. The lowest BCUT2D eigenvalue weighted by molar-refractivity contribution is -0.135. The molecule has 10 heteroatoms. The number of carbonyl (C=O) groups is 2. The Kier molecular flexibility index (Phi) is 7.40. The van der Waals surface area contributed by atoms with E-state index in [1.54, 1.807) is 33.7 Å². The summed E-state index contributed by atoms with van der Waals surface area (Å²) in [5.41, 5.74) is 0.212. The maximum absolute atomic E-state index is 13.8. The number of sulfone groups is 1. The van der Waals surface area contributed by atoms with Crippen LogP contribution < -0.4 is 5.32 Å². The van der Waals surface area contributed by atoms with Crippen LogP contribution in [0.2, 0.25) is 0 Å². The molecular weight excluding hydrogens is 464 g/mol. The summed E-state index contributed by atoms with van der Waals surface area (Å²) < 4.78 is 54.7. The van der Waals surface area contributed by atoms with Gasteiger partial charge in [0.25, 0.3) is 0 Å². The number of halogens is 2. The third-order valence-corrected chi connectivity index (χ3v) is 6.96. The van der Waals surface area contributed by atoms with Gasteiger partial charge < -0.3 is 14.8 Å². The number of hydrogen-bond donors (Lipinski definition) is 1. The lowest BCUT2D eigenvalue weighted by Crippen LogP contribution is -2.43. The van der Waals surface area contributed by atoms with Crippen LogP contribution in [-0.4, -0.2) is 47.5 Å². The van der Waals surface area contributed by atoms with Gasteiger partial charge in [-0.3, -0.25) is 9.59 Å². The van der Waals surface area contributed by atoms with Crippen LogP contribution in [0.5, 0.6) is 0 Å². The number of carbonyl (C=O) groups excluding carboxylic acids is 2. The molecule has 0 atom stereocenters. The van der Waals surface area contributed by atoms with Gasteiger partial charge in [0.05, 0.1) is 10.6 Å². The highest BCUT2D eigenvalue weighted by Gasteiger charge is 2.27. The Labute approximate surface area is 197 Å². The molecule has 3 aromatic rings. The van der Waals surface area contributed by atoms with Crippen LogP contribution in [-0.2, 0) is 26.0 Å². The Morgan fingerprint density at radius 3 is 2.29 bits per heavy atom. The summed E-state index contributed by atoms with van der Waals surface area (Å²) in [6, 6.07) is 9.18. The normalized spacial score (nSPS) is 11.9. The standard InChI is InChI=1S/C24H27F2N3O4S/c1-15(2)29(16(3)4)24(31)13-28-12-22(18-7-5-6-8-21(18)28)34(32,33)14-23(30)27-20-10-9-17(25)11-19(20)26/h5-12,15-16H,13-14H2,1-4H3,(H,27,30). The van der Waals surface area contributed by atoms with E-state index in [0.29, 0.717) is 17.0 Å². The Hall–Kier alpha value is -3.27. The molecule has 0 aliphatic heterocycles. The van der Waals surface area contributed by atoms with Crippen molar-refractivity contribution in [2.24, 2.45) is 0 Å². The van der Waals surface area contributed by atoms with Crippen LogP contribution in [0.4, 0.5) is 14.5 Å². The molecule has 0 bridgehead atoms. The van der Waals surface area contributed by atoms with Crippen molar-refractivity contribution in [2.75, 3.05) is 11.1 Å². The van der Waals surface area contributed by atoms with Gasteiger partial charge in [-0.15, -0.1) is 0 Å². The number of aromatic nitrogens is 1. The topological polar surface area (TPSA) is 88.5 Å². The average Bonchev–Trinajstić information content (AvgIpc) is 3.08. The molecule has 182 valence electrons. The maximum atomic E-state index is 13.8. The molecule has 0 radical (unpaired) electrons. The minimum Gasteiger partial charge on any atom is -0.337 e. The van der Waals surface area contributed by atoms with Crippen LogP contribution in [0.1, 0.15) is 27.7 Å². The van der Waals surface area contributed by atoms with E-state index in [-0.39, 0.29) is 35.1 Å². The zero-order valence-electron chi connectivity index (χ0n) is 19.4. The first-order valence-electron chi connectivity index (χ1n) is 10.8. The van der Waals surface area contributed by atoms with E-state index in [1.807, 2.05) is 27.7 Å². The van der Waals surface area contributed by atoms with E-state index >= 15 is 0 Å². The van der Waals surface area contributed by atoms with E-state index in [2.05, 4.69) is 5.32 Å². The van der Waals surface area contributed by atoms with Crippen LogP contribution in [0.25, 0.3) is 10.9 Å². The summed E-state index contributed by atoms with van der Waals surface area (Å²) in [5.74, 6) is -3.92. The first-order chi connectivity index (χ1) is 15.9. The molecule has 7 nitrogen and oxygen atoms in total. The zero-order valence-corrected chi connectivity index (χ0v) is 20.2. The van der Waals surface area contributed by atoms with Crippen LogP contribution in [0.3, 0.4) is 0 Å². The number of fused-ring (bicyclic) bond motifs is 1. The molecule has 0 fully saturated rings. The van der Waals surface area contributed by atoms with Gasteiger partial charge in [0.15, 0.2) is 9.84 Å². The average molecular weight is 492 g/mol. The predicted octanol–water partition coefficient (Wildman–Crippen LogP) is 3.98. The number of nitrogens with zero attached hydrogens (tertiary/aromatic N) is 2. The van der Waals surface area contributed by atoms with Gasteiger partial charge in [0, 0.05) is 35.2 Å². The second-order valence-electron chi connectivity index (χ2n) is 8.56. The summed E-state index contributed by atoms with van der Waals surface area (Å²) in [6.45, 7) is 7.56. The SMILES string of the molecule is CC(C)N(C(=O)Cn1cc(S(=O)(=O)CC(=O)Nc2ccc(F)cc2F)c2ccccc21)C(C)C. The van der Waals surface area contributed by atoms with Crippen LogP contribution >= 0.6 is 0 Å². The summed E-state index contributed by atoms with van der Waals surface area (Å²) in [4.78, 5) is 27.0. The van der Waals surface area contributed by atoms with E-state index in [9.17, 15) is 26.8 Å². The Morgan fingerprint density at radius 1 is 1.03 bits per heavy atom. The van der Waals surface area contributed by atoms with E-state index in [4.69, 9.17) is 0 Å². The molecule has 1 N–H and O–H groups in total. The molecule has 2 aromatic carbocycles. The van der Waals surface area contributed by atoms with Gasteiger partial charge >= 0.3 is 0 Å². The number of benzene rings is 2. The third-order valence-electron chi connectivity index (χ3n) is 5.32. The van der Waals surface area contributed by atoms with Gasteiger partial charge in [0.1, 0.15) is 23.9 Å². The molecule has 0 aliphatic rings. The molecular formula is C24H27F2N3O4S. The first-order valence-corrected chi connectivity index (χ1v) is 12.4. The summed E-state index contributed by atoms with van der Waals surface area (Å²) in [7, 11) is -4.15. The number of hydrogen-bond acceptors (Lipinski definition) is 4. The second kappa shape index (κ2) is 9.92. The highest BCUT2D eigenvalue weighted by atomic mass is 32.2. The van der Waals surface area contributed by atoms with E-state index < -0.39 is 33.1 Å². The molecule has 34 heavy (non-hydrogen) atoms. The Morgan fingerprint density at radius 2 is 1.68 bits per heavy atom. The van der Waals surface area contributed by atoms with Gasteiger partial charge in [0.2, 0.25) is 11.8 Å². The fraction of sp³-hybridized carbons (Fsp3) is 0.333. The molecule has 2 amide bonds. The minimum absolute atomic E-state index is 0.0342. The van der Waals surface area contributed by atoms with Crippen molar-refractivity contribution in [1.82, 2.24) is 9.47 Å². The monoisotopic (exact) mass is 491 g/mol. The number of para-hydroxylation sites is 1. The van der Waals surface area contributed by atoms with Crippen molar-refractivity contribution in [1.29, 1.82) is 0 Å². The van der Waals surface area contributed by atoms with Gasteiger partial charge in [-0.1, -0.05) is 18.2 Å². The molecule has 3 rings (SSSR count). The first kappa shape index (κ1) is 25.4. The van der Waals surface area contributed by atoms with E-state index in [1.165, 1.54) is 6.20 Å². The molecule has 1 aromatic heterocycles. The van der Waals surface area contributed by atoms with Crippen molar-refractivity contribution in [3.63, 3.8) is 0 Å². The molecule has 0 unspecified atom stereocenters. The van der Waals surface area contributed by atoms with Crippen molar-refractivity contribution in [3.05, 3.63) is 60.3 Å². The van der Waals surface area contributed by atoms with Gasteiger partial charge in [-0.25, -0.2) is 17.2 Å². The fourth-order valence-corrected chi connectivity index (χ4v) is 5.39. The minimum atomic E-state index is -4.15. The maximum Gasteiger partial charge on any atom is 0.242 e. The summed E-state index contributed by atoms with van der Waals surface area (Å²) in [5, 5.41) is 2.53. The molecule has 0 spiro atoms. The van der Waals surface area contributed by atoms with Crippen LogP contribution in [0.15, 0.2) is 53.6 Å². The predicted molar refractivity (Wildman–Crippen MR) is 126 cm³/mol. The van der Waals surface area contributed by atoms with Crippen molar-refractivity contribution >= 4 is 38.2 Å². The quantitative estimate of drug-likeness (QED) is 0.516. The molecule has 0 saturated heterocycles. The Balaban J connectivity index is 1.90. The van der Waals surface area contributed by atoms with Crippen molar-refractivity contribution in [2.45, 2.75) is 51.2 Å². The number of amides is 2. The van der Waals surface area contributed by atoms with Gasteiger partial charge in [-0.2, -0.15) is 0 Å².